The predicted molar refractivity (Wildman–Crippen MR) is 156 cm³/mol. The number of urea groups is 2. The number of imide groups is 1. The van der Waals surface area contributed by atoms with Crippen LogP contribution in [0.4, 0.5) is 9.59 Å². The topological polar surface area (TPSA) is 181 Å². The van der Waals surface area contributed by atoms with Crippen molar-refractivity contribution in [3.05, 3.63) is 82.6 Å². The number of thioether (sulfide) groups is 1. The van der Waals surface area contributed by atoms with Gasteiger partial charge in [-0.25, -0.2) is 19.9 Å². The van der Waals surface area contributed by atoms with Crippen molar-refractivity contribution in [3.63, 3.8) is 0 Å². The van der Waals surface area contributed by atoms with E-state index in [1.807, 2.05) is 31.2 Å². The Balaban J connectivity index is 0.00000417. The van der Waals surface area contributed by atoms with E-state index in [1.165, 1.54) is 23.7 Å². The van der Waals surface area contributed by atoms with Gasteiger partial charge < -0.3 is 25.3 Å². The molecule has 234 valence electrons. The second-order valence-corrected chi connectivity index (χ2v) is 12.2. The van der Waals surface area contributed by atoms with Crippen molar-refractivity contribution in [1.29, 1.82) is 0 Å². The van der Waals surface area contributed by atoms with Gasteiger partial charge in [0.1, 0.15) is 24.1 Å². The zero-order valence-corrected chi connectivity index (χ0v) is 28.0. The number of fused-ring (bicyclic) bond motifs is 2. The first-order valence-corrected chi connectivity index (χ1v) is 15.2. The number of hydrazine groups is 1. The molecule has 0 saturated carbocycles. The molecule has 16 heteroatoms. The number of nitrogens with zero attached hydrogens (tertiary/aromatic N) is 3. The van der Waals surface area contributed by atoms with Gasteiger partial charge in [0, 0.05) is 18.2 Å². The van der Waals surface area contributed by atoms with Gasteiger partial charge in [-0.15, -0.1) is 11.8 Å². The van der Waals surface area contributed by atoms with Crippen LogP contribution in [-0.2, 0) is 23.9 Å². The molecule has 3 N–H and O–H groups in total. The molecule has 2 aromatic carbocycles. The van der Waals surface area contributed by atoms with Crippen LogP contribution in [0.5, 0.6) is 0 Å². The average Bonchev–Trinajstić information content (AvgIpc) is 3.26. The number of β-lactam (4-membered cyclic amide) rings is 1. The molecule has 6 rings (SSSR count). The molecule has 3 saturated heterocycles. The van der Waals surface area contributed by atoms with E-state index in [1.54, 1.807) is 30.3 Å². The first-order chi connectivity index (χ1) is 21.5. The minimum Gasteiger partial charge on any atom is -0.543 e. The number of hydrogen-bond acceptors (Lipinski definition) is 10. The summed E-state index contributed by atoms with van der Waals surface area (Å²) in [7, 11) is 0. The first kappa shape index (κ1) is 33.5. The van der Waals surface area contributed by atoms with E-state index < -0.39 is 59.0 Å². The summed E-state index contributed by atoms with van der Waals surface area (Å²) >= 11 is 1.19. The Kier molecular flexibility index (Phi) is 9.79. The van der Waals surface area contributed by atoms with E-state index in [2.05, 4.69) is 16.1 Å². The SMILES string of the molecule is CC(=O)OCC1=C(C(=O)[O-])N2C(=O)C(NC(=O)C(NC(=O)N3CC4C(c5ccc(C)cc5)NN4C3=O)c3ccccc3)[C@@H]2SC1.[Na+]. The molecule has 0 aliphatic carbocycles. The van der Waals surface area contributed by atoms with Crippen LogP contribution < -0.4 is 50.7 Å². The summed E-state index contributed by atoms with van der Waals surface area (Å²) in [6.45, 7) is 2.95. The molecule has 0 radical (unpaired) electrons. The van der Waals surface area contributed by atoms with E-state index in [9.17, 15) is 33.9 Å². The Morgan fingerprint density at radius 3 is 2.43 bits per heavy atom. The third-order valence-corrected chi connectivity index (χ3v) is 9.47. The number of hydrogen-bond donors (Lipinski definition) is 3. The number of carboxylic acid groups (broad SMARTS) is 1. The molecule has 4 heterocycles. The summed E-state index contributed by atoms with van der Waals surface area (Å²) in [5, 5.41) is 17.8. The number of rotatable bonds is 8. The number of nitrogens with one attached hydrogen (secondary N) is 3. The number of benzene rings is 2. The normalized spacial score (nSPS) is 23.7. The molecule has 14 nitrogen and oxygen atoms in total. The molecule has 0 spiro atoms. The van der Waals surface area contributed by atoms with Crippen molar-refractivity contribution in [2.45, 2.75) is 43.4 Å². The molecular weight excluding hydrogens is 627 g/mol. The van der Waals surface area contributed by atoms with Crippen molar-refractivity contribution in [2.75, 3.05) is 18.9 Å². The quantitative estimate of drug-likeness (QED) is 0.151. The van der Waals surface area contributed by atoms with E-state index in [-0.39, 0.29) is 66.1 Å². The summed E-state index contributed by atoms with van der Waals surface area (Å²) < 4.78 is 4.93. The van der Waals surface area contributed by atoms with Gasteiger partial charge in [-0.2, -0.15) is 0 Å². The number of amides is 6. The fraction of sp³-hybridized carbons (Fsp3) is 0.333. The Morgan fingerprint density at radius 2 is 1.78 bits per heavy atom. The van der Waals surface area contributed by atoms with Gasteiger partial charge in [0.15, 0.2) is 0 Å². The summed E-state index contributed by atoms with van der Waals surface area (Å²) in [4.78, 5) is 78.4. The fourth-order valence-electron chi connectivity index (χ4n) is 5.77. The van der Waals surface area contributed by atoms with Crippen LogP contribution >= 0.6 is 11.8 Å². The minimum absolute atomic E-state index is 0. The van der Waals surface area contributed by atoms with Crippen molar-refractivity contribution < 1.29 is 68.2 Å². The number of ether oxygens (including phenoxy) is 1. The Hall–Kier alpha value is -3.89. The zero-order chi connectivity index (χ0) is 32.0. The maximum atomic E-state index is 13.6. The number of esters is 1. The van der Waals surface area contributed by atoms with E-state index in [0.717, 1.165) is 20.9 Å². The van der Waals surface area contributed by atoms with Crippen molar-refractivity contribution in [2.24, 2.45) is 0 Å². The van der Waals surface area contributed by atoms with Crippen LogP contribution in [0.3, 0.4) is 0 Å². The van der Waals surface area contributed by atoms with Crippen LogP contribution in [0.2, 0.25) is 0 Å². The molecule has 2 aromatic rings. The standard InChI is InChI=1S/C30H30N6O8S.Na/c1-15-8-10-18(11-9-15)21-20-12-34(30(43)36(20)33-21)29(42)32-22(17-6-4-3-5-7-17)25(38)31-23-26(39)35-24(28(40)41)19(13-44-16(2)37)14-45-27(23)35;/h3-11,20-23,27,33H,12-14H2,1-2H3,(H,31,38)(H,32,42)(H,40,41);/q;+1/p-1/t20?,21?,22?,23?,27-;/m0./s1. The molecule has 46 heavy (non-hydrogen) atoms. The summed E-state index contributed by atoms with van der Waals surface area (Å²) in [6, 6.07) is 12.1. The second-order valence-electron chi connectivity index (χ2n) is 11.1. The van der Waals surface area contributed by atoms with E-state index in [0.29, 0.717) is 5.56 Å². The summed E-state index contributed by atoms with van der Waals surface area (Å²) in [6.07, 6.45) is 0. The van der Waals surface area contributed by atoms with Crippen LogP contribution in [0, 0.1) is 6.92 Å². The number of aryl methyl sites for hydroxylation is 1. The molecule has 5 atom stereocenters. The molecule has 6 amide bonds. The molecular formula is C30H29N6NaO8S. The molecule has 0 bridgehead atoms. The van der Waals surface area contributed by atoms with Gasteiger partial charge >= 0.3 is 47.6 Å². The fourth-order valence-corrected chi connectivity index (χ4v) is 7.10. The minimum atomic E-state index is -1.60. The van der Waals surface area contributed by atoms with Crippen molar-refractivity contribution >= 4 is 47.6 Å². The van der Waals surface area contributed by atoms with Crippen LogP contribution in [0.25, 0.3) is 0 Å². The molecule has 3 fully saturated rings. The van der Waals surface area contributed by atoms with Gasteiger partial charge in [-0.1, -0.05) is 60.2 Å². The van der Waals surface area contributed by atoms with Gasteiger partial charge in [0.25, 0.3) is 5.91 Å². The number of carbonyl (C=O) groups excluding carboxylic acids is 6. The van der Waals surface area contributed by atoms with Gasteiger partial charge in [0.2, 0.25) is 5.91 Å². The molecule has 4 unspecified atom stereocenters. The number of carbonyl (C=O) groups is 6. The van der Waals surface area contributed by atoms with Crippen LogP contribution in [0.15, 0.2) is 65.9 Å². The van der Waals surface area contributed by atoms with Crippen molar-refractivity contribution in [3.8, 4) is 0 Å². The smallest absolute Gasteiger partial charge is 0.543 e. The van der Waals surface area contributed by atoms with Crippen LogP contribution in [0.1, 0.15) is 35.7 Å². The Bertz CT molecular complexity index is 1620. The Morgan fingerprint density at radius 1 is 1.09 bits per heavy atom. The summed E-state index contributed by atoms with van der Waals surface area (Å²) in [5.74, 6) is -3.49. The monoisotopic (exact) mass is 656 g/mol. The maximum Gasteiger partial charge on any atom is 1.00 e. The first-order valence-electron chi connectivity index (χ1n) is 14.2. The molecule has 4 aliphatic heterocycles. The number of carboxylic acids is 1. The Labute approximate surface area is 290 Å². The average molecular weight is 657 g/mol. The molecule has 0 aromatic heterocycles. The van der Waals surface area contributed by atoms with Gasteiger partial charge in [-0.3, -0.25) is 24.3 Å². The van der Waals surface area contributed by atoms with E-state index in [4.69, 9.17) is 4.74 Å². The maximum absolute atomic E-state index is 13.6. The number of aliphatic carboxylic acids is 1. The summed E-state index contributed by atoms with van der Waals surface area (Å²) in [5.41, 5.74) is 5.39. The van der Waals surface area contributed by atoms with E-state index >= 15 is 0 Å². The largest absolute Gasteiger partial charge is 1.00 e. The second kappa shape index (κ2) is 13.5. The van der Waals surface area contributed by atoms with Gasteiger partial charge in [0.05, 0.1) is 30.3 Å². The third-order valence-electron chi connectivity index (χ3n) is 8.13. The predicted octanol–water partition coefficient (Wildman–Crippen LogP) is -2.92. The molecule has 4 aliphatic rings. The van der Waals surface area contributed by atoms with Gasteiger partial charge in [-0.05, 0) is 18.1 Å². The van der Waals surface area contributed by atoms with Crippen LogP contribution in [-0.4, -0.2) is 87.0 Å². The zero-order valence-electron chi connectivity index (χ0n) is 25.2. The third kappa shape index (κ3) is 6.12. The van der Waals surface area contributed by atoms with Crippen molar-refractivity contribution in [1.82, 2.24) is 30.9 Å².